The minimum atomic E-state index is -0.702. The molecule has 0 radical (unpaired) electrons. The van der Waals surface area contributed by atoms with E-state index < -0.39 is 23.4 Å². The summed E-state index contributed by atoms with van der Waals surface area (Å²) in [4.78, 5) is 33.5. The number of anilines is 3. The molecular formula is C35H30FN5O4. The second kappa shape index (κ2) is 12.1. The number of hydrogen-bond acceptors (Lipinski definition) is 7. The zero-order chi connectivity index (χ0) is 31.6. The summed E-state index contributed by atoms with van der Waals surface area (Å²) in [5, 5.41) is 10.6. The molecule has 0 spiro atoms. The third-order valence-corrected chi connectivity index (χ3v) is 6.88. The van der Waals surface area contributed by atoms with Gasteiger partial charge in [-0.1, -0.05) is 36.4 Å². The van der Waals surface area contributed by atoms with Crippen LogP contribution in [0.2, 0.25) is 0 Å². The molecule has 0 atom stereocenters. The molecule has 4 aromatic carbocycles. The number of nitrogens with one attached hydrogen (secondary N) is 3. The average Bonchev–Trinajstić information content (AvgIpc) is 3.39. The summed E-state index contributed by atoms with van der Waals surface area (Å²) in [6, 6.07) is 26.8. The molecule has 226 valence electrons. The molecule has 0 unspecified atom stereocenters. The molecular weight excluding hydrogens is 573 g/mol. The van der Waals surface area contributed by atoms with Crippen molar-refractivity contribution < 1.29 is 23.1 Å². The van der Waals surface area contributed by atoms with Crippen molar-refractivity contribution in [2.45, 2.75) is 32.9 Å². The maximum absolute atomic E-state index is 14.8. The first-order chi connectivity index (χ1) is 21.6. The molecule has 3 N–H and O–H groups in total. The van der Waals surface area contributed by atoms with Gasteiger partial charge in [-0.2, -0.15) is 0 Å². The number of rotatable bonds is 7. The number of nitrogens with zero attached hydrogens (tertiary/aromatic N) is 2. The monoisotopic (exact) mass is 603 g/mol. The van der Waals surface area contributed by atoms with Crippen LogP contribution < -0.4 is 16.0 Å². The van der Waals surface area contributed by atoms with Crippen molar-refractivity contribution in [1.29, 1.82) is 0 Å². The number of ether oxygens (including phenoxy) is 1. The van der Waals surface area contributed by atoms with Crippen molar-refractivity contribution in [3.8, 4) is 11.3 Å². The maximum atomic E-state index is 14.8. The summed E-state index contributed by atoms with van der Waals surface area (Å²) in [7, 11) is 0. The molecule has 2 amide bonds. The number of hydrogen-bond donors (Lipinski definition) is 3. The number of fused-ring (bicyclic) bond motifs is 3. The Hall–Kier alpha value is -5.77. The highest BCUT2D eigenvalue weighted by Gasteiger charge is 2.17. The third kappa shape index (κ3) is 6.75. The van der Waals surface area contributed by atoms with E-state index in [-0.39, 0.29) is 12.1 Å². The van der Waals surface area contributed by atoms with E-state index in [1.165, 1.54) is 18.5 Å². The Kier molecular flexibility index (Phi) is 7.87. The van der Waals surface area contributed by atoms with Crippen LogP contribution in [0.15, 0.2) is 102 Å². The standard InChI is InChI=1S/C35H30FN5O4/c1-35(2,3)45-34(43)37-19-21-11-16-26(28(36)17-21)33(42)41-23-14-12-22(13-15-23)40-31-18-29(38-20-39-31)27-9-6-8-25-24-7-4-5-10-30(24)44-32(25)27/h4-18,20H,19H2,1-3H3,(H,37,43)(H,41,42)(H,38,39,40). The van der Waals surface area contributed by atoms with E-state index in [1.807, 2.05) is 48.5 Å². The Bertz CT molecular complexity index is 2030. The van der Waals surface area contributed by atoms with Gasteiger partial charge < -0.3 is 25.1 Å². The lowest BCUT2D eigenvalue weighted by molar-refractivity contribution is 0.0523. The number of carbonyl (C=O) groups excluding carboxylic acids is 2. The molecule has 6 aromatic rings. The van der Waals surface area contributed by atoms with Gasteiger partial charge in [-0.3, -0.25) is 4.79 Å². The van der Waals surface area contributed by atoms with Gasteiger partial charge in [-0.25, -0.2) is 19.2 Å². The van der Waals surface area contributed by atoms with Crippen LogP contribution in [0.25, 0.3) is 33.2 Å². The van der Waals surface area contributed by atoms with Crippen molar-refractivity contribution >= 4 is 51.1 Å². The van der Waals surface area contributed by atoms with E-state index in [4.69, 9.17) is 9.15 Å². The van der Waals surface area contributed by atoms with E-state index in [9.17, 15) is 14.0 Å². The molecule has 0 saturated carbocycles. The number of benzene rings is 4. The maximum Gasteiger partial charge on any atom is 0.407 e. The number of halogens is 1. The Morgan fingerprint density at radius 2 is 1.62 bits per heavy atom. The Labute approximate surface area is 258 Å². The van der Waals surface area contributed by atoms with Gasteiger partial charge in [0.2, 0.25) is 0 Å². The molecule has 0 aliphatic rings. The topological polar surface area (TPSA) is 118 Å². The highest BCUT2D eigenvalue weighted by Crippen LogP contribution is 2.35. The minimum Gasteiger partial charge on any atom is -0.455 e. The SMILES string of the molecule is CC(C)(C)OC(=O)NCc1ccc(C(=O)Nc2ccc(Nc3cc(-c4cccc5c4oc4ccccc45)ncn3)cc2)c(F)c1. The molecule has 2 aromatic heterocycles. The van der Waals surface area contributed by atoms with Gasteiger partial charge in [0, 0.05) is 40.3 Å². The fourth-order valence-corrected chi connectivity index (χ4v) is 4.85. The van der Waals surface area contributed by atoms with E-state index in [2.05, 4.69) is 25.9 Å². The molecule has 6 rings (SSSR count). The number of alkyl carbamates (subject to hydrolysis) is 1. The van der Waals surface area contributed by atoms with Gasteiger partial charge in [-0.15, -0.1) is 0 Å². The van der Waals surface area contributed by atoms with E-state index in [0.717, 1.165) is 33.2 Å². The van der Waals surface area contributed by atoms with Crippen molar-refractivity contribution in [2.75, 3.05) is 10.6 Å². The lowest BCUT2D eigenvalue weighted by Gasteiger charge is -2.19. The number of carbonyl (C=O) groups is 2. The van der Waals surface area contributed by atoms with Crippen LogP contribution in [0, 0.1) is 5.82 Å². The number of furan rings is 1. The molecule has 0 aliphatic heterocycles. The quantitative estimate of drug-likeness (QED) is 0.168. The molecule has 45 heavy (non-hydrogen) atoms. The van der Waals surface area contributed by atoms with Crippen molar-refractivity contribution in [3.63, 3.8) is 0 Å². The summed E-state index contributed by atoms with van der Waals surface area (Å²) in [6.07, 6.45) is 0.879. The average molecular weight is 604 g/mol. The van der Waals surface area contributed by atoms with Crippen LogP contribution in [0.3, 0.4) is 0 Å². The normalized spacial score (nSPS) is 11.4. The molecule has 2 heterocycles. The highest BCUT2D eigenvalue weighted by atomic mass is 19.1. The Morgan fingerprint density at radius 1 is 0.867 bits per heavy atom. The van der Waals surface area contributed by atoms with Gasteiger partial charge in [0.05, 0.1) is 11.3 Å². The summed E-state index contributed by atoms with van der Waals surface area (Å²) in [5.41, 5.74) is 4.07. The van der Waals surface area contributed by atoms with Gasteiger partial charge in [0.1, 0.15) is 34.7 Å². The van der Waals surface area contributed by atoms with Gasteiger partial charge in [0.15, 0.2) is 0 Å². The summed E-state index contributed by atoms with van der Waals surface area (Å²) < 4.78 is 26.1. The van der Waals surface area contributed by atoms with Gasteiger partial charge in [-0.05, 0) is 74.9 Å². The predicted octanol–water partition coefficient (Wildman–Crippen LogP) is 8.20. The number of amides is 2. The number of aromatic nitrogens is 2. The van der Waals surface area contributed by atoms with Crippen LogP contribution in [0.4, 0.5) is 26.4 Å². The minimum absolute atomic E-state index is 0.0611. The van der Waals surface area contributed by atoms with E-state index in [1.54, 1.807) is 51.1 Å². The summed E-state index contributed by atoms with van der Waals surface area (Å²) in [5.74, 6) is -0.722. The largest absolute Gasteiger partial charge is 0.455 e. The molecule has 9 nitrogen and oxygen atoms in total. The van der Waals surface area contributed by atoms with Crippen LogP contribution in [0.1, 0.15) is 36.7 Å². The predicted molar refractivity (Wildman–Crippen MR) is 172 cm³/mol. The van der Waals surface area contributed by atoms with Crippen LogP contribution in [-0.4, -0.2) is 27.6 Å². The first-order valence-electron chi connectivity index (χ1n) is 14.3. The molecule has 0 bridgehead atoms. The second-order valence-electron chi connectivity index (χ2n) is 11.4. The van der Waals surface area contributed by atoms with Gasteiger partial charge >= 0.3 is 6.09 Å². The highest BCUT2D eigenvalue weighted by molar-refractivity contribution is 6.09. The lowest BCUT2D eigenvalue weighted by Crippen LogP contribution is -2.32. The van der Waals surface area contributed by atoms with Crippen molar-refractivity contribution in [3.05, 3.63) is 114 Å². The first kappa shape index (κ1) is 29.3. The molecule has 0 fully saturated rings. The van der Waals surface area contributed by atoms with Crippen molar-refractivity contribution in [1.82, 2.24) is 15.3 Å². The molecule has 0 aliphatic carbocycles. The second-order valence-corrected chi connectivity index (χ2v) is 11.4. The first-order valence-corrected chi connectivity index (χ1v) is 14.3. The van der Waals surface area contributed by atoms with Crippen LogP contribution >= 0.6 is 0 Å². The summed E-state index contributed by atoms with van der Waals surface area (Å²) >= 11 is 0. The fraction of sp³-hybridized carbons (Fsp3) is 0.143. The molecule has 0 saturated heterocycles. The summed E-state index contributed by atoms with van der Waals surface area (Å²) in [6.45, 7) is 5.32. The zero-order valence-electron chi connectivity index (χ0n) is 24.9. The van der Waals surface area contributed by atoms with Crippen molar-refractivity contribution in [2.24, 2.45) is 0 Å². The molecule has 10 heteroatoms. The van der Waals surface area contributed by atoms with E-state index >= 15 is 0 Å². The third-order valence-electron chi connectivity index (χ3n) is 6.88. The Morgan fingerprint density at radius 3 is 2.40 bits per heavy atom. The van der Waals surface area contributed by atoms with E-state index in [0.29, 0.717) is 22.8 Å². The fourth-order valence-electron chi connectivity index (χ4n) is 4.85. The van der Waals surface area contributed by atoms with Gasteiger partial charge in [0.25, 0.3) is 5.91 Å². The smallest absolute Gasteiger partial charge is 0.407 e. The zero-order valence-corrected chi connectivity index (χ0v) is 24.9. The van der Waals surface area contributed by atoms with Crippen LogP contribution in [-0.2, 0) is 11.3 Å². The number of para-hydroxylation sites is 2. The Balaban J connectivity index is 1.10. The lowest BCUT2D eigenvalue weighted by atomic mass is 10.1. The van der Waals surface area contributed by atoms with Crippen LogP contribution in [0.5, 0.6) is 0 Å².